The third kappa shape index (κ3) is 4.49. The number of hydrogen-bond donors (Lipinski definition) is 1. The van der Waals surface area contributed by atoms with E-state index in [1.165, 1.54) is 18.2 Å². The van der Waals surface area contributed by atoms with Crippen molar-refractivity contribution in [3.63, 3.8) is 0 Å². The average Bonchev–Trinajstić information content (AvgIpc) is 2.71. The topological polar surface area (TPSA) is 142 Å². The third-order valence-electron chi connectivity index (χ3n) is 4.59. The Hall–Kier alpha value is -2.34. The number of carboxylic acid groups (broad SMARTS) is 1. The van der Waals surface area contributed by atoms with E-state index >= 15 is 0 Å². The van der Waals surface area contributed by atoms with Gasteiger partial charge < -0.3 is 15.0 Å². The fraction of sp³-hybridized carbons (Fsp3) is 0. The van der Waals surface area contributed by atoms with Crippen LogP contribution in [0.4, 0.5) is 11.4 Å². The number of carbonyl (C=O) groups excluding carboxylic acids is 1. The largest absolute Gasteiger partial charge is 2.00 e. The second-order valence-electron chi connectivity index (χ2n) is 6.42. The summed E-state index contributed by atoms with van der Waals surface area (Å²) in [6, 6.07) is 17.0. The van der Waals surface area contributed by atoms with Gasteiger partial charge in [0.05, 0.1) is 11.7 Å². The summed E-state index contributed by atoms with van der Waals surface area (Å²) in [7, 11) is -4.64. The number of nitrogens with zero attached hydrogens (tertiary/aromatic N) is 2. The third-order valence-corrected chi connectivity index (χ3v) is 5.47. The number of benzene rings is 4. The summed E-state index contributed by atoms with van der Waals surface area (Å²) in [5.74, 6) is -2.57. The molecule has 150 valence electrons. The van der Waals surface area contributed by atoms with Crippen molar-refractivity contribution < 1.29 is 28.0 Å². The molecule has 0 atom stereocenters. The molecule has 0 bridgehead atoms. The molecule has 0 saturated heterocycles. The molecule has 0 aliphatic heterocycles. The van der Waals surface area contributed by atoms with Crippen molar-refractivity contribution in [2.75, 3.05) is 0 Å². The normalized spacial score (nSPS) is 11.6. The molecule has 4 aromatic rings. The van der Waals surface area contributed by atoms with Gasteiger partial charge in [-0.3, -0.25) is 4.55 Å². The van der Waals surface area contributed by atoms with Crippen molar-refractivity contribution in [1.82, 2.24) is 0 Å². The number of hydrogen-bond acceptors (Lipinski definition) is 7. The average molecular weight is 508 g/mol. The maximum atomic E-state index is 12.6. The van der Waals surface area contributed by atoms with Crippen molar-refractivity contribution in [3.8, 4) is 5.75 Å². The molecule has 31 heavy (non-hydrogen) atoms. The zero-order valence-corrected chi connectivity index (χ0v) is 20.1. The second-order valence-corrected chi connectivity index (χ2v) is 7.81. The predicted molar refractivity (Wildman–Crippen MR) is 111 cm³/mol. The van der Waals surface area contributed by atoms with Crippen LogP contribution < -0.4 is 10.2 Å². The van der Waals surface area contributed by atoms with Gasteiger partial charge in [0.2, 0.25) is 0 Å². The maximum Gasteiger partial charge on any atom is 2.00 e. The Morgan fingerprint density at radius 3 is 2.00 bits per heavy atom. The molecular weight excluding hydrogens is 496 g/mol. The molecule has 0 aliphatic rings. The van der Waals surface area contributed by atoms with Gasteiger partial charge in [0, 0.05) is 10.8 Å². The first kappa shape index (κ1) is 23.3. The van der Waals surface area contributed by atoms with Gasteiger partial charge in [0.15, 0.2) is 0 Å². The Labute approximate surface area is 213 Å². The number of fused-ring (bicyclic) bond motifs is 2. The molecule has 1 N–H and O–H groups in total. The zero-order valence-electron chi connectivity index (χ0n) is 15.8. The van der Waals surface area contributed by atoms with Gasteiger partial charge in [0.1, 0.15) is 10.6 Å². The number of carboxylic acids is 1. The van der Waals surface area contributed by atoms with E-state index < -0.39 is 32.3 Å². The van der Waals surface area contributed by atoms with E-state index in [1.807, 2.05) is 0 Å². The van der Waals surface area contributed by atoms with Gasteiger partial charge in [-0.2, -0.15) is 13.5 Å². The van der Waals surface area contributed by atoms with Crippen LogP contribution in [-0.2, 0) is 10.1 Å². The fourth-order valence-corrected chi connectivity index (χ4v) is 3.84. The molecule has 10 heteroatoms. The summed E-state index contributed by atoms with van der Waals surface area (Å²) in [5.41, 5.74) is -1.03. The van der Waals surface area contributed by atoms with Crippen LogP contribution in [0.1, 0.15) is 10.4 Å². The number of azo groups is 1. The quantitative estimate of drug-likeness (QED) is 0.255. The zero-order chi connectivity index (χ0) is 21.5. The molecular formula is C21H12N2O6SSr. The van der Waals surface area contributed by atoms with E-state index in [1.54, 1.807) is 48.5 Å². The van der Waals surface area contributed by atoms with E-state index in [0.717, 1.165) is 0 Å². The minimum atomic E-state index is -4.64. The first-order valence-electron chi connectivity index (χ1n) is 8.62. The first-order chi connectivity index (χ1) is 14.3. The monoisotopic (exact) mass is 508 g/mol. The molecule has 0 radical (unpaired) electrons. The summed E-state index contributed by atoms with van der Waals surface area (Å²) >= 11 is 0. The molecule has 4 rings (SSSR count). The van der Waals surface area contributed by atoms with Gasteiger partial charge in [-0.15, -0.1) is 5.11 Å². The van der Waals surface area contributed by atoms with Gasteiger partial charge in [0.25, 0.3) is 10.1 Å². The Morgan fingerprint density at radius 2 is 1.39 bits per heavy atom. The molecule has 0 amide bonds. The standard InChI is InChI=1S/C21H14N2O6S.Sr/c24-20-16(21(25)26)11-13-6-2-4-8-15(13)19(20)23-22-18-14-7-3-1-5-12(14)9-10-17(18)30(27,28)29;/h1-11,24H,(H,25,26)(H,27,28,29);/q;+2/p-2. The molecule has 0 spiro atoms. The van der Waals surface area contributed by atoms with Crippen LogP contribution in [0.5, 0.6) is 5.75 Å². The predicted octanol–water partition coefficient (Wildman–Crippen LogP) is 2.71. The van der Waals surface area contributed by atoms with E-state index in [4.69, 9.17) is 0 Å². The number of rotatable bonds is 4. The van der Waals surface area contributed by atoms with Crippen LogP contribution in [0.3, 0.4) is 0 Å². The molecule has 0 unspecified atom stereocenters. The number of carbonyl (C=O) groups is 1. The van der Waals surface area contributed by atoms with Crippen LogP contribution >= 0.6 is 0 Å². The summed E-state index contributed by atoms with van der Waals surface area (Å²) in [6.07, 6.45) is 0. The molecule has 0 aliphatic carbocycles. The summed E-state index contributed by atoms with van der Waals surface area (Å²) in [6.45, 7) is 0. The maximum absolute atomic E-state index is 12.6. The van der Waals surface area contributed by atoms with Crippen molar-refractivity contribution in [2.24, 2.45) is 10.2 Å². The molecule has 0 aromatic heterocycles. The second kappa shape index (κ2) is 9.03. The van der Waals surface area contributed by atoms with E-state index in [-0.39, 0.29) is 56.9 Å². The summed E-state index contributed by atoms with van der Waals surface area (Å²) < 4.78 is 33.3. The number of aromatic carboxylic acids is 1. The first-order valence-corrected chi connectivity index (χ1v) is 10.1. The van der Waals surface area contributed by atoms with Gasteiger partial charge >= 0.3 is 45.5 Å². The van der Waals surface area contributed by atoms with Gasteiger partial charge in [-0.1, -0.05) is 60.3 Å². The van der Waals surface area contributed by atoms with Crippen molar-refractivity contribution in [2.45, 2.75) is 4.90 Å². The van der Waals surface area contributed by atoms with Crippen LogP contribution in [0.15, 0.2) is 81.9 Å². The Balaban J connectivity index is 0.00000272. The van der Waals surface area contributed by atoms with Crippen LogP contribution in [0, 0.1) is 0 Å². The van der Waals surface area contributed by atoms with Crippen molar-refractivity contribution >= 4 is 94.5 Å². The molecule has 0 heterocycles. The minimum absolute atomic E-state index is 0. The molecule has 0 saturated carbocycles. The molecule has 0 fully saturated rings. The fourth-order valence-electron chi connectivity index (χ4n) is 3.21. The van der Waals surface area contributed by atoms with Gasteiger partial charge in [-0.25, -0.2) is 0 Å². The summed E-state index contributed by atoms with van der Waals surface area (Å²) in [5, 5.41) is 33.7. The SMILES string of the molecule is O=C([O-])c1cc2ccccc2c(N=Nc2c(S(=O)(=O)O)ccc3ccccc23)c1[O-].[Sr+2]. The molecule has 4 aromatic carbocycles. The van der Waals surface area contributed by atoms with E-state index in [0.29, 0.717) is 21.5 Å². The van der Waals surface area contributed by atoms with E-state index in [9.17, 15) is 28.0 Å². The van der Waals surface area contributed by atoms with Crippen molar-refractivity contribution in [3.05, 3.63) is 72.3 Å². The Bertz CT molecular complexity index is 1470. The Morgan fingerprint density at radius 1 is 0.839 bits per heavy atom. The summed E-state index contributed by atoms with van der Waals surface area (Å²) in [4.78, 5) is 10.9. The van der Waals surface area contributed by atoms with Crippen LogP contribution in [0.25, 0.3) is 21.5 Å². The minimum Gasteiger partial charge on any atom is -0.871 e. The van der Waals surface area contributed by atoms with Gasteiger partial charge in [-0.05, 0) is 28.5 Å². The smallest absolute Gasteiger partial charge is 0.871 e. The Kier molecular flexibility index (Phi) is 6.79. The van der Waals surface area contributed by atoms with E-state index in [2.05, 4.69) is 10.2 Å². The molecule has 8 nitrogen and oxygen atoms in total. The van der Waals surface area contributed by atoms with Crippen molar-refractivity contribution in [1.29, 1.82) is 0 Å². The van der Waals surface area contributed by atoms with Crippen LogP contribution in [-0.4, -0.2) is 64.4 Å². The van der Waals surface area contributed by atoms with Crippen LogP contribution in [0.2, 0.25) is 0 Å².